The smallest absolute Gasteiger partial charge is 0.163 e. The summed E-state index contributed by atoms with van der Waals surface area (Å²) >= 11 is 0. The minimum Gasteiger partial charge on any atom is -0.294 e. The molecule has 0 fully saturated rings. The van der Waals surface area contributed by atoms with E-state index in [9.17, 15) is 9.59 Å². The van der Waals surface area contributed by atoms with Crippen molar-refractivity contribution < 1.29 is 9.59 Å². The molecule has 112 valence electrons. The second-order valence-electron chi connectivity index (χ2n) is 5.04. The highest BCUT2D eigenvalue weighted by Crippen LogP contribution is 2.29. The average Bonchev–Trinajstić information content (AvgIpc) is 2.59. The van der Waals surface area contributed by atoms with E-state index in [0.29, 0.717) is 24.0 Å². The average molecular weight is 292 g/mol. The van der Waals surface area contributed by atoms with Crippen molar-refractivity contribution in [3.8, 4) is 0 Å². The van der Waals surface area contributed by atoms with Crippen molar-refractivity contribution in [3.63, 3.8) is 0 Å². The van der Waals surface area contributed by atoms with E-state index in [2.05, 4.69) is 0 Å². The molecule has 0 aliphatic heterocycles. The van der Waals surface area contributed by atoms with Crippen LogP contribution < -0.4 is 0 Å². The molecule has 0 saturated carbocycles. The number of rotatable bonds is 6. The van der Waals surface area contributed by atoms with Crippen molar-refractivity contribution in [2.45, 2.75) is 26.7 Å². The number of benzene rings is 2. The molecule has 2 nitrogen and oxygen atoms in total. The van der Waals surface area contributed by atoms with Gasteiger partial charge in [0.2, 0.25) is 0 Å². The normalized spacial score (nSPS) is 11.7. The largest absolute Gasteiger partial charge is 0.294 e. The van der Waals surface area contributed by atoms with Crippen LogP contribution in [0, 0.1) is 0 Å². The van der Waals surface area contributed by atoms with Crippen molar-refractivity contribution >= 4 is 22.7 Å². The summed E-state index contributed by atoms with van der Waals surface area (Å²) in [7, 11) is 0. The molecule has 0 bridgehead atoms. The molecular formula is C20H20O2. The lowest BCUT2D eigenvalue weighted by molar-refractivity contribution is -0.115. The highest BCUT2D eigenvalue weighted by atomic mass is 16.1. The van der Waals surface area contributed by atoms with Crippen molar-refractivity contribution in [2.24, 2.45) is 0 Å². The van der Waals surface area contributed by atoms with E-state index in [1.807, 2.05) is 74.5 Å². The molecule has 0 aromatic heterocycles. The second kappa shape index (κ2) is 7.51. The molecule has 0 aliphatic rings. The summed E-state index contributed by atoms with van der Waals surface area (Å²) in [6.45, 7) is 3.65. The molecule has 2 rings (SSSR count). The highest BCUT2D eigenvalue weighted by molar-refractivity contribution is 6.40. The minimum atomic E-state index is -0.00754. The molecule has 22 heavy (non-hydrogen) atoms. The SMILES string of the molecule is CCC(=O)C(=C(C(=O)CC)c1ccccc1)c1ccccc1. The van der Waals surface area contributed by atoms with Crippen LogP contribution in [0.5, 0.6) is 0 Å². The van der Waals surface area contributed by atoms with Crippen LogP contribution in [0.4, 0.5) is 0 Å². The van der Waals surface area contributed by atoms with Crippen molar-refractivity contribution in [3.05, 3.63) is 71.8 Å². The number of hydrogen-bond acceptors (Lipinski definition) is 2. The number of Topliss-reactive ketones (excluding diaryl/α,β-unsaturated/α-hetero) is 2. The van der Waals surface area contributed by atoms with E-state index in [1.165, 1.54) is 0 Å². The summed E-state index contributed by atoms with van der Waals surface area (Å²) in [5.74, 6) is -0.0151. The molecule has 2 heteroatoms. The van der Waals surface area contributed by atoms with Crippen molar-refractivity contribution in [1.82, 2.24) is 0 Å². The molecule has 2 aromatic carbocycles. The number of carbonyl (C=O) groups excluding carboxylic acids is 2. The van der Waals surface area contributed by atoms with Crippen LogP contribution in [0.25, 0.3) is 11.1 Å². The monoisotopic (exact) mass is 292 g/mol. The van der Waals surface area contributed by atoms with Gasteiger partial charge >= 0.3 is 0 Å². The summed E-state index contributed by atoms with van der Waals surface area (Å²) in [5, 5.41) is 0. The molecular weight excluding hydrogens is 272 g/mol. The Kier molecular flexibility index (Phi) is 5.42. The van der Waals surface area contributed by atoms with Crippen LogP contribution in [0.1, 0.15) is 37.8 Å². The third-order valence-electron chi connectivity index (χ3n) is 3.57. The summed E-state index contributed by atoms with van der Waals surface area (Å²) in [4.78, 5) is 25.1. The lowest BCUT2D eigenvalue weighted by atomic mass is 9.88. The minimum absolute atomic E-state index is 0.00754. The molecule has 0 saturated heterocycles. The van der Waals surface area contributed by atoms with E-state index in [0.717, 1.165) is 11.1 Å². The Labute approximate surface area is 131 Å². The maximum Gasteiger partial charge on any atom is 0.163 e. The van der Waals surface area contributed by atoms with Gasteiger partial charge in [0, 0.05) is 24.0 Å². The zero-order chi connectivity index (χ0) is 15.9. The van der Waals surface area contributed by atoms with Gasteiger partial charge < -0.3 is 0 Å². The first-order chi connectivity index (χ1) is 10.7. The molecule has 0 spiro atoms. The fraction of sp³-hybridized carbons (Fsp3) is 0.200. The first-order valence-electron chi connectivity index (χ1n) is 7.60. The van der Waals surface area contributed by atoms with Crippen molar-refractivity contribution in [2.75, 3.05) is 0 Å². The van der Waals surface area contributed by atoms with Crippen LogP contribution in [0.2, 0.25) is 0 Å². The summed E-state index contributed by atoms with van der Waals surface area (Å²) in [6, 6.07) is 18.9. The summed E-state index contributed by atoms with van der Waals surface area (Å²) in [6.07, 6.45) is 0.745. The Morgan fingerprint density at radius 1 is 0.636 bits per heavy atom. The zero-order valence-electron chi connectivity index (χ0n) is 13.0. The lowest BCUT2D eigenvalue weighted by Crippen LogP contribution is -2.10. The molecule has 2 aromatic rings. The Hall–Kier alpha value is -2.48. The first kappa shape index (κ1) is 15.9. The standard InChI is InChI=1S/C20H20O2/c1-3-17(21)19(15-11-7-5-8-12-15)20(18(22)4-2)16-13-9-6-10-14-16/h5-14H,3-4H2,1-2H3. The summed E-state index contributed by atoms with van der Waals surface area (Å²) < 4.78 is 0. The Bertz CT molecular complexity index is 621. The van der Waals surface area contributed by atoms with Gasteiger partial charge in [0.25, 0.3) is 0 Å². The Morgan fingerprint density at radius 3 is 1.23 bits per heavy atom. The number of carbonyl (C=O) groups is 2. The second-order valence-corrected chi connectivity index (χ2v) is 5.04. The van der Waals surface area contributed by atoms with Gasteiger partial charge in [-0.15, -0.1) is 0 Å². The fourth-order valence-corrected chi connectivity index (χ4v) is 2.45. The van der Waals surface area contributed by atoms with E-state index in [-0.39, 0.29) is 11.6 Å². The fourth-order valence-electron chi connectivity index (χ4n) is 2.45. The third kappa shape index (κ3) is 3.40. The van der Waals surface area contributed by atoms with Gasteiger partial charge in [0.1, 0.15) is 0 Å². The van der Waals surface area contributed by atoms with E-state index < -0.39 is 0 Å². The highest BCUT2D eigenvalue weighted by Gasteiger charge is 2.21. The van der Waals surface area contributed by atoms with Gasteiger partial charge in [0.15, 0.2) is 11.6 Å². The van der Waals surface area contributed by atoms with Gasteiger partial charge in [0.05, 0.1) is 0 Å². The van der Waals surface area contributed by atoms with Gasteiger partial charge in [-0.3, -0.25) is 9.59 Å². The number of allylic oxidation sites excluding steroid dienone is 2. The maximum absolute atomic E-state index is 12.5. The Balaban J connectivity index is 2.76. The Morgan fingerprint density at radius 2 is 0.955 bits per heavy atom. The molecule has 0 radical (unpaired) electrons. The number of hydrogen-bond donors (Lipinski definition) is 0. The lowest BCUT2D eigenvalue weighted by Gasteiger charge is -2.14. The molecule has 0 amide bonds. The van der Waals surface area contributed by atoms with Crippen molar-refractivity contribution in [1.29, 1.82) is 0 Å². The number of ketones is 2. The predicted octanol–water partition coefficient (Wildman–Crippen LogP) is 4.56. The van der Waals surface area contributed by atoms with Gasteiger partial charge in [-0.25, -0.2) is 0 Å². The van der Waals surface area contributed by atoms with Crippen LogP contribution in [0.3, 0.4) is 0 Å². The molecule has 0 N–H and O–H groups in total. The molecule has 0 heterocycles. The summed E-state index contributed by atoms with van der Waals surface area (Å²) in [5.41, 5.74) is 2.66. The van der Waals surface area contributed by atoms with E-state index in [4.69, 9.17) is 0 Å². The maximum atomic E-state index is 12.5. The van der Waals surface area contributed by atoms with Gasteiger partial charge in [-0.1, -0.05) is 74.5 Å². The predicted molar refractivity (Wildman–Crippen MR) is 90.3 cm³/mol. The quantitative estimate of drug-likeness (QED) is 0.578. The van der Waals surface area contributed by atoms with E-state index in [1.54, 1.807) is 0 Å². The molecule has 0 aliphatic carbocycles. The van der Waals surface area contributed by atoms with Gasteiger partial charge in [-0.05, 0) is 11.1 Å². The topological polar surface area (TPSA) is 34.1 Å². The molecule has 0 unspecified atom stereocenters. The molecule has 0 atom stereocenters. The van der Waals surface area contributed by atoms with E-state index >= 15 is 0 Å². The van der Waals surface area contributed by atoms with Crippen LogP contribution in [-0.4, -0.2) is 11.6 Å². The van der Waals surface area contributed by atoms with Gasteiger partial charge in [-0.2, -0.15) is 0 Å². The first-order valence-corrected chi connectivity index (χ1v) is 7.60. The van der Waals surface area contributed by atoms with Crippen LogP contribution in [0.15, 0.2) is 60.7 Å². The van der Waals surface area contributed by atoms with Crippen LogP contribution >= 0.6 is 0 Å². The third-order valence-corrected chi connectivity index (χ3v) is 3.57. The van der Waals surface area contributed by atoms with Crippen LogP contribution in [-0.2, 0) is 9.59 Å². The zero-order valence-corrected chi connectivity index (χ0v) is 13.0.